The van der Waals surface area contributed by atoms with Crippen molar-refractivity contribution in [3.8, 4) is 5.75 Å². The van der Waals surface area contributed by atoms with Gasteiger partial charge < -0.3 is 20.2 Å². The van der Waals surface area contributed by atoms with Crippen LogP contribution in [0, 0.1) is 6.92 Å². The zero-order valence-electron chi connectivity index (χ0n) is 10.8. The van der Waals surface area contributed by atoms with Gasteiger partial charge in [-0.3, -0.25) is 9.59 Å². The Hall–Kier alpha value is -2.76. The molecule has 0 bridgehead atoms. The number of rotatable bonds is 3. The Morgan fingerprint density at radius 3 is 2.70 bits per heavy atom. The number of carbonyl (C=O) groups excluding carboxylic acids is 2. The molecule has 104 valence electrons. The molecule has 1 aromatic heterocycles. The third-order valence-corrected chi connectivity index (χ3v) is 2.61. The summed E-state index contributed by atoms with van der Waals surface area (Å²) in [6, 6.07) is 8.12. The lowest BCUT2D eigenvalue weighted by Crippen LogP contribution is -2.34. The van der Waals surface area contributed by atoms with Crippen molar-refractivity contribution in [3.63, 3.8) is 0 Å². The molecular formula is C14H14N2O4. The van der Waals surface area contributed by atoms with E-state index in [4.69, 9.17) is 4.42 Å². The lowest BCUT2D eigenvalue weighted by atomic mass is 10.2. The number of aryl methyl sites for hydroxylation is 1. The van der Waals surface area contributed by atoms with Crippen LogP contribution in [0.3, 0.4) is 0 Å². The highest BCUT2D eigenvalue weighted by Gasteiger charge is 2.15. The Balaban J connectivity index is 1.92. The van der Waals surface area contributed by atoms with Gasteiger partial charge in [-0.1, -0.05) is 6.07 Å². The number of nitrogens with one attached hydrogen (secondary N) is 2. The van der Waals surface area contributed by atoms with Gasteiger partial charge in [0.25, 0.3) is 0 Å². The molecule has 2 rings (SSSR count). The first-order valence-electron chi connectivity index (χ1n) is 5.97. The maximum atomic E-state index is 11.6. The number of furan rings is 1. The summed E-state index contributed by atoms with van der Waals surface area (Å²) >= 11 is 0. The number of hydrogen-bond donors (Lipinski definition) is 3. The third kappa shape index (κ3) is 3.38. The molecule has 0 fully saturated rings. The number of amides is 2. The van der Waals surface area contributed by atoms with Crippen LogP contribution in [0.15, 0.2) is 41.0 Å². The van der Waals surface area contributed by atoms with Gasteiger partial charge in [-0.25, -0.2) is 0 Å². The van der Waals surface area contributed by atoms with Crippen LogP contribution in [0.1, 0.15) is 11.3 Å². The molecule has 0 saturated heterocycles. The van der Waals surface area contributed by atoms with Crippen LogP contribution < -0.4 is 10.6 Å². The van der Waals surface area contributed by atoms with Crippen molar-refractivity contribution in [2.45, 2.75) is 13.5 Å². The predicted octanol–water partition coefficient (Wildman–Crippen LogP) is 1.55. The van der Waals surface area contributed by atoms with E-state index in [-0.39, 0.29) is 18.0 Å². The van der Waals surface area contributed by atoms with Crippen molar-refractivity contribution in [2.24, 2.45) is 0 Å². The van der Waals surface area contributed by atoms with Gasteiger partial charge >= 0.3 is 11.8 Å². The van der Waals surface area contributed by atoms with Crippen LogP contribution in [0.25, 0.3) is 0 Å². The molecular weight excluding hydrogens is 260 g/mol. The van der Waals surface area contributed by atoms with Gasteiger partial charge in [-0.2, -0.15) is 0 Å². The standard InChI is InChI=1S/C14H14N2O4/c1-9-4-5-11(12(17)7-9)16-14(19)13(18)15-8-10-3-2-6-20-10/h2-7,17H,8H2,1H3,(H,15,18)(H,16,19). The van der Waals surface area contributed by atoms with Gasteiger partial charge in [0.15, 0.2) is 0 Å². The van der Waals surface area contributed by atoms with Gasteiger partial charge in [-0.15, -0.1) is 0 Å². The largest absolute Gasteiger partial charge is 0.506 e. The number of anilines is 1. The van der Waals surface area contributed by atoms with E-state index in [1.54, 1.807) is 25.1 Å². The zero-order valence-corrected chi connectivity index (χ0v) is 10.8. The van der Waals surface area contributed by atoms with Crippen LogP contribution in [0.2, 0.25) is 0 Å². The number of phenols is 1. The van der Waals surface area contributed by atoms with E-state index < -0.39 is 11.8 Å². The third-order valence-electron chi connectivity index (χ3n) is 2.61. The summed E-state index contributed by atoms with van der Waals surface area (Å²) < 4.78 is 5.03. The molecule has 0 atom stereocenters. The van der Waals surface area contributed by atoms with Gasteiger partial charge in [0.2, 0.25) is 0 Å². The quantitative estimate of drug-likeness (QED) is 0.585. The zero-order chi connectivity index (χ0) is 14.5. The van der Waals surface area contributed by atoms with Crippen molar-refractivity contribution < 1.29 is 19.1 Å². The molecule has 2 amide bonds. The minimum absolute atomic E-state index is 0.0859. The Kier molecular flexibility index (Phi) is 4.05. The lowest BCUT2D eigenvalue weighted by molar-refractivity contribution is -0.136. The van der Waals surface area contributed by atoms with E-state index in [0.29, 0.717) is 5.76 Å². The van der Waals surface area contributed by atoms with E-state index in [1.807, 2.05) is 0 Å². The van der Waals surface area contributed by atoms with Crippen LogP contribution in [-0.2, 0) is 16.1 Å². The molecule has 20 heavy (non-hydrogen) atoms. The van der Waals surface area contributed by atoms with E-state index in [1.165, 1.54) is 18.4 Å². The van der Waals surface area contributed by atoms with Crippen molar-refractivity contribution in [3.05, 3.63) is 47.9 Å². The van der Waals surface area contributed by atoms with Gasteiger partial charge in [0, 0.05) is 0 Å². The summed E-state index contributed by atoms with van der Waals surface area (Å²) in [5.41, 5.74) is 1.04. The van der Waals surface area contributed by atoms with Crippen molar-refractivity contribution in [1.82, 2.24) is 5.32 Å². The summed E-state index contributed by atoms with van der Waals surface area (Å²) in [7, 11) is 0. The average Bonchev–Trinajstić information content (AvgIpc) is 2.92. The fraction of sp³-hybridized carbons (Fsp3) is 0.143. The fourth-order valence-electron chi connectivity index (χ4n) is 1.59. The second-order valence-electron chi connectivity index (χ2n) is 4.24. The average molecular weight is 274 g/mol. The van der Waals surface area contributed by atoms with Crippen molar-refractivity contribution in [2.75, 3.05) is 5.32 Å². The smallest absolute Gasteiger partial charge is 0.313 e. The first-order chi connectivity index (χ1) is 9.56. The maximum Gasteiger partial charge on any atom is 0.313 e. The topological polar surface area (TPSA) is 91.6 Å². The lowest BCUT2D eigenvalue weighted by Gasteiger charge is -2.07. The highest BCUT2D eigenvalue weighted by molar-refractivity contribution is 6.39. The van der Waals surface area contributed by atoms with Crippen molar-refractivity contribution >= 4 is 17.5 Å². The second-order valence-corrected chi connectivity index (χ2v) is 4.24. The van der Waals surface area contributed by atoms with Crippen molar-refractivity contribution in [1.29, 1.82) is 0 Å². The molecule has 6 heteroatoms. The molecule has 6 nitrogen and oxygen atoms in total. The number of benzene rings is 1. The molecule has 1 heterocycles. The molecule has 3 N–H and O–H groups in total. The minimum atomic E-state index is -0.851. The highest BCUT2D eigenvalue weighted by Crippen LogP contribution is 2.23. The fourth-order valence-corrected chi connectivity index (χ4v) is 1.59. The second kappa shape index (κ2) is 5.92. The Labute approximate surface area is 115 Å². The number of carbonyl (C=O) groups is 2. The SMILES string of the molecule is Cc1ccc(NC(=O)C(=O)NCc2ccco2)c(O)c1. The normalized spacial score (nSPS) is 10.1. The minimum Gasteiger partial charge on any atom is -0.506 e. The summed E-state index contributed by atoms with van der Waals surface area (Å²) in [5.74, 6) is -1.20. The number of hydrogen-bond acceptors (Lipinski definition) is 4. The molecule has 0 unspecified atom stereocenters. The van der Waals surface area contributed by atoms with Gasteiger partial charge in [0.05, 0.1) is 18.5 Å². The predicted molar refractivity (Wildman–Crippen MR) is 72.0 cm³/mol. The first kappa shape index (κ1) is 13.7. The van der Waals surface area contributed by atoms with E-state index in [2.05, 4.69) is 10.6 Å². The van der Waals surface area contributed by atoms with Crippen LogP contribution >= 0.6 is 0 Å². The molecule has 0 saturated carbocycles. The molecule has 0 radical (unpaired) electrons. The van der Waals surface area contributed by atoms with Gasteiger partial charge in [-0.05, 0) is 36.8 Å². The summed E-state index contributed by atoms with van der Waals surface area (Å²) in [6.07, 6.45) is 1.48. The van der Waals surface area contributed by atoms with E-state index in [0.717, 1.165) is 5.56 Å². The first-order valence-corrected chi connectivity index (χ1v) is 5.97. The van der Waals surface area contributed by atoms with Gasteiger partial charge in [0.1, 0.15) is 11.5 Å². The summed E-state index contributed by atoms with van der Waals surface area (Å²) in [4.78, 5) is 23.2. The molecule has 0 aliphatic rings. The monoisotopic (exact) mass is 274 g/mol. The Morgan fingerprint density at radius 2 is 2.05 bits per heavy atom. The summed E-state index contributed by atoms with van der Waals surface area (Å²) in [5, 5.41) is 14.4. The van der Waals surface area contributed by atoms with Crippen LogP contribution in [0.4, 0.5) is 5.69 Å². The van der Waals surface area contributed by atoms with E-state index in [9.17, 15) is 14.7 Å². The maximum absolute atomic E-state index is 11.6. The molecule has 0 spiro atoms. The number of phenolic OH excluding ortho intramolecular Hbond substituents is 1. The Morgan fingerprint density at radius 1 is 1.25 bits per heavy atom. The number of aromatic hydroxyl groups is 1. The van der Waals surface area contributed by atoms with Crippen LogP contribution in [-0.4, -0.2) is 16.9 Å². The molecule has 2 aromatic rings. The molecule has 0 aliphatic heterocycles. The summed E-state index contributed by atoms with van der Waals surface area (Å²) in [6.45, 7) is 1.93. The molecule has 1 aromatic carbocycles. The Bertz CT molecular complexity index is 620. The van der Waals surface area contributed by atoms with Crippen LogP contribution in [0.5, 0.6) is 5.75 Å². The molecule has 0 aliphatic carbocycles. The highest BCUT2D eigenvalue weighted by atomic mass is 16.3. The van der Waals surface area contributed by atoms with E-state index >= 15 is 0 Å².